The summed E-state index contributed by atoms with van der Waals surface area (Å²) in [7, 11) is 0. The van der Waals surface area contributed by atoms with Gasteiger partial charge in [0.25, 0.3) is 11.8 Å². The summed E-state index contributed by atoms with van der Waals surface area (Å²) in [6.07, 6.45) is 2.46. The van der Waals surface area contributed by atoms with Gasteiger partial charge in [-0.25, -0.2) is 5.48 Å². The number of hydroxylamine groups is 1. The normalized spacial score (nSPS) is 13.3. The summed E-state index contributed by atoms with van der Waals surface area (Å²) in [5.74, 6) is -0.670. The fourth-order valence-electron chi connectivity index (χ4n) is 3.45. The van der Waals surface area contributed by atoms with Gasteiger partial charge in [0, 0.05) is 22.7 Å². The van der Waals surface area contributed by atoms with E-state index in [1.54, 1.807) is 22.5 Å². The molecule has 0 saturated heterocycles. The predicted molar refractivity (Wildman–Crippen MR) is 110 cm³/mol. The molecule has 0 unspecified atom stereocenters. The van der Waals surface area contributed by atoms with E-state index in [2.05, 4.69) is 0 Å². The number of nitrogens with zero attached hydrogens (tertiary/aromatic N) is 1. The van der Waals surface area contributed by atoms with E-state index in [0.29, 0.717) is 29.8 Å². The number of benzene rings is 2. The highest BCUT2D eigenvalue weighted by Gasteiger charge is 2.30. The molecule has 0 atom stereocenters. The SMILES string of the molecule is O=C(NO)c1cccc2c1CCN2C(=O)C(=Cc1ccccc1)c1cccs1. The molecule has 0 saturated carbocycles. The van der Waals surface area contributed by atoms with Crippen molar-refractivity contribution in [1.29, 1.82) is 0 Å². The largest absolute Gasteiger partial charge is 0.308 e. The van der Waals surface area contributed by atoms with Crippen LogP contribution in [0.5, 0.6) is 0 Å². The molecular formula is C22H18N2O3S. The Morgan fingerprint density at radius 2 is 1.86 bits per heavy atom. The van der Waals surface area contributed by atoms with E-state index in [-0.39, 0.29) is 5.91 Å². The van der Waals surface area contributed by atoms with Gasteiger partial charge >= 0.3 is 0 Å². The molecule has 3 aromatic rings. The van der Waals surface area contributed by atoms with Crippen LogP contribution in [0.2, 0.25) is 0 Å². The zero-order valence-corrected chi connectivity index (χ0v) is 15.8. The summed E-state index contributed by atoms with van der Waals surface area (Å²) in [6.45, 7) is 0.487. The van der Waals surface area contributed by atoms with Crippen LogP contribution in [0.15, 0.2) is 66.0 Å². The van der Waals surface area contributed by atoms with E-state index in [1.165, 1.54) is 11.3 Å². The van der Waals surface area contributed by atoms with Crippen LogP contribution >= 0.6 is 11.3 Å². The molecule has 0 fully saturated rings. The lowest BCUT2D eigenvalue weighted by Crippen LogP contribution is -2.29. The van der Waals surface area contributed by atoms with Crippen LogP contribution in [-0.2, 0) is 11.2 Å². The number of carbonyl (C=O) groups excluding carboxylic acids is 2. The Kier molecular flexibility index (Phi) is 5.06. The Morgan fingerprint density at radius 1 is 1.04 bits per heavy atom. The molecule has 2 amide bonds. The van der Waals surface area contributed by atoms with Crippen LogP contribution in [-0.4, -0.2) is 23.6 Å². The van der Waals surface area contributed by atoms with Crippen molar-refractivity contribution in [3.05, 3.63) is 87.6 Å². The minimum absolute atomic E-state index is 0.105. The number of nitrogens with one attached hydrogen (secondary N) is 1. The zero-order valence-electron chi connectivity index (χ0n) is 15.0. The predicted octanol–water partition coefficient (Wildman–Crippen LogP) is 4.00. The molecule has 0 aliphatic carbocycles. The van der Waals surface area contributed by atoms with E-state index < -0.39 is 5.91 Å². The number of amides is 2. The average Bonchev–Trinajstić information content (AvgIpc) is 3.41. The van der Waals surface area contributed by atoms with Crippen LogP contribution in [0.4, 0.5) is 5.69 Å². The molecule has 1 aromatic heterocycles. The molecule has 28 heavy (non-hydrogen) atoms. The quantitative estimate of drug-likeness (QED) is 0.402. The van der Waals surface area contributed by atoms with Crippen molar-refractivity contribution in [1.82, 2.24) is 5.48 Å². The smallest absolute Gasteiger partial charge is 0.274 e. The van der Waals surface area contributed by atoms with Gasteiger partial charge in [0.2, 0.25) is 0 Å². The van der Waals surface area contributed by atoms with Gasteiger partial charge in [0.1, 0.15) is 0 Å². The topological polar surface area (TPSA) is 69.6 Å². The highest BCUT2D eigenvalue weighted by atomic mass is 32.1. The minimum atomic E-state index is -0.565. The van der Waals surface area contributed by atoms with E-state index >= 15 is 0 Å². The maximum atomic E-state index is 13.5. The van der Waals surface area contributed by atoms with Crippen molar-refractivity contribution in [2.24, 2.45) is 0 Å². The van der Waals surface area contributed by atoms with Crippen LogP contribution in [0.3, 0.4) is 0 Å². The second-order valence-electron chi connectivity index (χ2n) is 6.40. The third-order valence-electron chi connectivity index (χ3n) is 4.75. The van der Waals surface area contributed by atoms with E-state index in [9.17, 15) is 9.59 Å². The molecule has 1 aliphatic heterocycles. The summed E-state index contributed by atoms with van der Waals surface area (Å²) >= 11 is 1.52. The number of anilines is 1. The van der Waals surface area contributed by atoms with Crippen molar-refractivity contribution < 1.29 is 14.8 Å². The first-order valence-electron chi connectivity index (χ1n) is 8.88. The highest BCUT2D eigenvalue weighted by molar-refractivity contribution is 7.11. The number of carbonyl (C=O) groups is 2. The van der Waals surface area contributed by atoms with Gasteiger partial charge in [-0.3, -0.25) is 14.8 Å². The van der Waals surface area contributed by atoms with Gasteiger partial charge in [-0.05, 0) is 47.2 Å². The lowest BCUT2D eigenvalue weighted by atomic mass is 10.0. The lowest BCUT2D eigenvalue weighted by Gasteiger charge is -2.19. The number of hydrogen-bond donors (Lipinski definition) is 2. The summed E-state index contributed by atoms with van der Waals surface area (Å²) in [5, 5.41) is 10.9. The molecule has 2 heterocycles. The Labute approximate surface area is 166 Å². The average molecular weight is 390 g/mol. The maximum Gasteiger partial charge on any atom is 0.274 e. The number of fused-ring (bicyclic) bond motifs is 1. The third-order valence-corrected chi connectivity index (χ3v) is 5.65. The van der Waals surface area contributed by atoms with Crippen LogP contribution < -0.4 is 10.4 Å². The van der Waals surface area contributed by atoms with Crippen molar-refractivity contribution in [3.63, 3.8) is 0 Å². The Morgan fingerprint density at radius 3 is 2.57 bits per heavy atom. The minimum Gasteiger partial charge on any atom is -0.308 e. The second kappa shape index (κ2) is 7.80. The maximum absolute atomic E-state index is 13.5. The van der Waals surface area contributed by atoms with Crippen molar-refractivity contribution in [3.8, 4) is 0 Å². The molecule has 2 N–H and O–H groups in total. The molecule has 0 bridgehead atoms. The van der Waals surface area contributed by atoms with Gasteiger partial charge in [0.05, 0.1) is 5.57 Å². The monoisotopic (exact) mass is 390 g/mol. The summed E-state index contributed by atoms with van der Waals surface area (Å²) in [5.41, 5.74) is 5.12. The van der Waals surface area contributed by atoms with Crippen molar-refractivity contribution in [2.75, 3.05) is 11.4 Å². The van der Waals surface area contributed by atoms with Crippen LogP contribution in [0, 0.1) is 0 Å². The van der Waals surface area contributed by atoms with Crippen LogP contribution in [0.25, 0.3) is 11.6 Å². The van der Waals surface area contributed by atoms with Gasteiger partial charge in [0.15, 0.2) is 0 Å². The Balaban J connectivity index is 1.75. The lowest BCUT2D eigenvalue weighted by molar-refractivity contribution is -0.113. The third kappa shape index (κ3) is 3.35. The molecule has 6 heteroatoms. The molecular weight excluding hydrogens is 372 g/mol. The van der Waals surface area contributed by atoms with Gasteiger partial charge < -0.3 is 4.90 Å². The molecule has 0 radical (unpaired) electrons. The molecule has 0 spiro atoms. The molecule has 5 nitrogen and oxygen atoms in total. The fraction of sp³-hybridized carbons (Fsp3) is 0.0909. The first-order valence-corrected chi connectivity index (χ1v) is 9.76. The Bertz CT molecular complexity index is 1040. The Hall–Kier alpha value is -3.22. The molecule has 4 rings (SSSR count). The summed E-state index contributed by atoms with van der Waals surface area (Å²) in [6, 6.07) is 18.8. The van der Waals surface area contributed by atoms with Crippen molar-refractivity contribution in [2.45, 2.75) is 6.42 Å². The number of rotatable bonds is 4. The summed E-state index contributed by atoms with van der Waals surface area (Å²) < 4.78 is 0. The second-order valence-corrected chi connectivity index (χ2v) is 7.34. The van der Waals surface area contributed by atoms with Gasteiger partial charge in [-0.2, -0.15) is 0 Å². The van der Waals surface area contributed by atoms with Gasteiger partial charge in [-0.15, -0.1) is 11.3 Å². The van der Waals surface area contributed by atoms with E-state index in [4.69, 9.17) is 5.21 Å². The standard InChI is InChI=1S/C22H18N2O3S/c25-21(23-27)17-8-4-9-19-16(17)11-12-24(19)22(26)18(20-10-5-13-28-20)14-15-6-2-1-3-7-15/h1-10,13-14,27H,11-12H2,(H,23,25). The molecule has 140 valence electrons. The summed E-state index contributed by atoms with van der Waals surface area (Å²) in [4.78, 5) is 28.0. The highest BCUT2D eigenvalue weighted by Crippen LogP contribution is 2.34. The fourth-order valence-corrected chi connectivity index (χ4v) is 4.18. The molecule has 2 aromatic carbocycles. The number of hydrogen-bond acceptors (Lipinski definition) is 4. The molecule has 1 aliphatic rings. The first kappa shape index (κ1) is 18.2. The zero-order chi connectivity index (χ0) is 19.5. The van der Waals surface area contributed by atoms with Gasteiger partial charge in [-0.1, -0.05) is 42.5 Å². The number of thiophene rings is 1. The first-order chi connectivity index (χ1) is 13.7. The van der Waals surface area contributed by atoms with E-state index in [0.717, 1.165) is 16.0 Å². The van der Waals surface area contributed by atoms with Crippen molar-refractivity contribution >= 4 is 40.5 Å². The van der Waals surface area contributed by atoms with Crippen LogP contribution in [0.1, 0.15) is 26.4 Å². The van der Waals surface area contributed by atoms with E-state index in [1.807, 2.05) is 60.0 Å².